The molecule has 0 aliphatic heterocycles. The molecule has 2 N–H and O–H groups in total. The first-order valence-corrected chi connectivity index (χ1v) is 7.40. The van der Waals surface area contributed by atoms with Crippen LogP contribution in [0.25, 0.3) is 0 Å². The Morgan fingerprint density at radius 2 is 1.74 bits per heavy atom. The number of rotatable bonds is 6. The summed E-state index contributed by atoms with van der Waals surface area (Å²) in [6.45, 7) is 4.26. The molecule has 5 heteroatoms. The van der Waals surface area contributed by atoms with Gasteiger partial charge < -0.3 is 15.4 Å². The molecule has 2 amide bonds. The normalized spacial score (nSPS) is 10.0. The van der Waals surface area contributed by atoms with Crippen molar-refractivity contribution in [2.24, 2.45) is 0 Å². The first-order valence-electron chi connectivity index (χ1n) is 7.40. The highest BCUT2D eigenvalue weighted by Crippen LogP contribution is 2.15. The molecular weight excluding hydrogens is 292 g/mol. The van der Waals surface area contributed by atoms with Crippen LogP contribution < -0.4 is 15.4 Å². The molecule has 0 aliphatic rings. The third-order valence-electron chi connectivity index (χ3n) is 3.29. The molecule has 0 radical (unpaired) electrons. The Kier molecular flexibility index (Phi) is 5.74. The van der Waals surface area contributed by atoms with E-state index in [0.717, 1.165) is 11.3 Å². The van der Waals surface area contributed by atoms with E-state index in [9.17, 15) is 9.59 Å². The Bertz CT molecular complexity index is 681. The summed E-state index contributed by atoms with van der Waals surface area (Å²) in [6.07, 6.45) is 0. The SMILES string of the molecule is CC(=O)c1ccc(NC(=O)NCCOc2ccccc2C)cc1. The van der Waals surface area contributed by atoms with Crippen LogP contribution in [0.15, 0.2) is 48.5 Å². The van der Waals surface area contributed by atoms with E-state index in [1.807, 2.05) is 31.2 Å². The van der Waals surface area contributed by atoms with E-state index in [-0.39, 0.29) is 11.8 Å². The maximum atomic E-state index is 11.8. The zero-order valence-corrected chi connectivity index (χ0v) is 13.3. The zero-order chi connectivity index (χ0) is 16.7. The number of para-hydroxylation sites is 1. The number of ether oxygens (including phenoxy) is 1. The number of urea groups is 1. The van der Waals surface area contributed by atoms with Crippen LogP contribution in [0, 0.1) is 6.92 Å². The Balaban J connectivity index is 1.73. The molecule has 0 saturated heterocycles. The van der Waals surface area contributed by atoms with E-state index in [1.54, 1.807) is 24.3 Å². The van der Waals surface area contributed by atoms with Crippen molar-refractivity contribution < 1.29 is 14.3 Å². The lowest BCUT2D eigenvalue weighted by Crippen LogP contribution is -2.32. The predicted octanol–water partition coefficient (Wildman–Crippen LogP) is 3.40. The van der Waals surface area contributed by atoms with E-state index in [1.165, 1.54) is 6.92 Å². The maximum Gasteiger partial charge on any atom is 0.319 e. The number of amides is 2. The Morgan fingerprint density at radius 3 is 2.39 bits per heavy atom. The van der Waals surface area contributed by atoms with Gasteiger partial charge in [-0.15, -0.1) is 0 Å². The minimum Gasteiger partial charge on any atom is -0.491 e. The minimum atomic E-state index is -0.311. The van der Waals surface area contributed by atoms with Crippen LogP contribution in [-0.4, -0.2) is 25.0 Å². The van der Waals surface area contributed by atoms with Gasteiger partial charge in [0.15, 0.2) is 5.78 Å². The van der Waals surface area contributed by atoms with E-state index in [0.29, 0.717) is 24.4 Å². The van der Waals surface area contributed by atoms with E-state index in [4.69, 9.17) is 4.74 Å². The largest absolute Gasteiger partial charge is 0.491 e. The lowest BCUT2D eigenvalue weighted by molar-refractivity contribution is 0.101. The van der Waals surface area contributed by atoms with Gasteiger partial charge in [0, 0.05) is 11.3 Å². The van der Waals surface area contributed by atoms with Gasteiger partial charge in [-0.1, -0.05) is 18.2 Å². The highest BCUT2D eigenvalue weighted by atomic mass is 16.5. The number of hydrogen-bond donors (Lipinski definition) is 2. The zero-order valence-electron chi connectivity index (χ0n) is 13.3. The number of anilines is 1. The van der Waals surface area contributed by atoms with Crippen molar-refractivity contribution in [2.75, 3.05) is 18.5 Å². The van der Waals surface area contributed by atoms with Gasteiger partial charge in [0.25, 0.3) is 0 Å². The van der Waals surface area contributed by atoms with Gasteiger partial charge in [-0.2, -0.15) is 0 Å². The van der Waals surface area contributed by atoms with Gasteiger partial charge in [0.2, 0.25) is 0 Å². The summed E-state index contributed by atoms with van der Waals surface area (Å²) in [5.41, 5.74) is 2.30. The number of Topliss-reactive ketones (excluding diaryl/α,β-unsaturated/α-hetero) is 1. The minimum absolute atomic E-state index is 0.00523. The second kappa shape index (κ2) is 7.98. The quantitative estimate of drug-likeness (QED) is 0.634. The lowest BCUT2D eigenvalue weighted by atomic mass is 10.1. The molecule has 0 bridgehead atoms. The molecule has 2 rings (SSSR count). The van der Waals surface area contributed by atoms with Crippen molar-refractivity contribution >= 4 is 17.5 Å². The first-order chi connectivity index (χ1) is 11.1. The Hall–Kier alpha value is -2.82. The summed E-state index contributed by atoms with van der Waals surface area (Å²) in [7, 11) is 0. The topological polar surface area (TPSA) is 67.4 Å². The molecule has 0 spiro atoms. The molecule has 0 saturated carbocycles. The van der Waals surface area contributed by atoms with Crippen LogP contribution in [0.4, 0.5) is 10.5 Å². The van der Waals surface area contributed by atoms with Crippen LogP contribution in [0.5, 0.6) is 5.75 Å². The summed E-state index contributed by atoms with van der Waals surface area (Å²) in [6, 6.07) is 14.2. The average molecular weight is 312 g/mol. The number of hydrogen-bond acceptors (Lipinski definition) is 3. The first kappa shape index (κ1) is 16.5. The molecule has 0 aromatic heterocycles. The molecule has 0 fully saturated rings. The maximum absolute atomic E-state index is 11.8. The second-order valence-corrected chi connectivity index (χ2v) is 5.13. The second-order valence-electron chi connectivity index (χ2n) is 5.13. The smallest absolute Gasteiger partial charge is 0.319 e. The average Bonchev–Trinajstić information content (AvgIpc) is 2.53. The number of aryl methyl sites for hydroxylation is 1. The molecule has 120 valence electrons. The highest BCUT2D eigenvalue weighted by Gasteiger charge is 2.03. The summed E-state index contributed by atoms with van der Waals surface area (Å²) >= 11 is 0. The monoisotopic (exact) mass is 312 g/mol. The van der Waals surface area contributed by atoms with Crippen molar-refractivity contribution in [1.82, 2.24) is 5.32 Å². The fourth-order valence-electron chi connectivity index (χ4n) is 2.01. The summed E-state index contributed by atoms with van der Waals surface area (Å²) in [4.78, 5) is 22.9. The fourth-order valence-corrected chi connectivity index (χ4v) is 2.01. The van der Waals surface area contributed by atoms with Crippen molar-refractivity contribution in [3.05, 3.63) is 59.7 Å². The van der Waals surface area contributed by atoms with Crippen LogP contribution in [0.3, 0.4) is 0 Å². The van der Waals surface area contributed by atoms with Crippen molar-refractivity contribution in [1.29, 1.82) is 0 Å². The molecule has 2 aromatic rings. The van der Waals surface area contributed by atoms with Crippen molar-refractivity contribution in [3.8, 4) is 5.75 Å². The van der Waals surface area contributed by atoms with E-state index < -0.39 is 0 Å². The fraction of sp³-hybridized carbons (Fsp3) is 0.222. The summed E-state index contributed by atoms with van der Waals surface area (Å²) in [5, 5.41) is 5.42. The van der Waals surface area contributed by atoms with Gasteiger partial charge in [-0.3, -0.25) is 4.79 Å². The van der Waals surface area contributed by atoms with E-state index in [2.05, 4.69) is 10.6 Å². The number of carbonyl (C=O) groups excluding carboxylic acids is 2. The molecule has 23 heavy (non-hydrogen) atoms. The van der Waals surface area contributed by atoms with Crippen LogP contribution >= 0.6 is 0 Å². The van der Waals surface area contributed by atoms with Crippen LogP contribution in [0.1, 0.15) is 22.8 Å². The van der Waals surface area contributed by atoms with Gasteiger partial charge in [0.1, 0.15) is 12.4 Å². The summed E-state index contributed by atoms with van der Waals surface area (Å²) < 4.78 is 5.60. The van der Waals surface area contributed by atoms with Gasteiger partial charge in [-0.25, -0.2) is 4.79 Å². The Morgan fingerprint density at radius 1 is 1.04 bits per heavy atom. The third-order valence-corrected chi connectivity index (χ3v) is 3.29. The van der Waals surface area contributed by atoms with Crippen LogP contribution in [-0.2, 0) is 0 Å². The van der Waals surface area contributed by atoms with Gasteiger partial charge >= 0.3 is 6.03 Å². The van der Waals surface area contributed by atoms with Crippen molar-refractivity contribution in [2.45, 2.75) is 13.8 Å². The molecule has 0 unspecified atom stereocenters. The van der Waals surface area contributed by atoms with Crippen LogP contribution in [0.2, 0.25) is 0 Å². The molecule has 5 nitrogen and oxygen atoms in total. The van der Waals surface area contributed by atoms with E-state index >= 15 is 0 Å². The standard InChI is InChI=1S/C18H20N2O3/c1-13-5-3-4-6-17(13)23-12-11-19-18(22)20-16-9-7-15(8-10-16)14(2)21/h3-10H,11-12H2,1-2H3,(H2,19,20,22). The number of ketones is 1. The Labute approximate surface area is 135 Å². The lowest BCUT2D eigenvalue weighted by Gasteiger charge is -2.10. The molecule has 2 aromatic carbocycles. The molecule has 0 heterocycles. The number of carbonyl (C=O) groups is 2. The number of nitrogens with one attached hydrogen (secondary N) is 2. The van der Waals surface area contributed by atoms with Gasteiger partial charge in [-0.05, 0) is 49.7 Å². The molecular formula is C18H20N2O3. The number of benzene rings is 2. The molecule has 0 atom stereocenters. The third kappa shape index (κ3) is 5.14. The van der Waals surface area contributed by atoms with Gasteiger partial charge in [0.05, 0.1) is 6.54 Å². The predicted molar refractivity (Wildman–Crippen MR) is 90.1 cm³/mol. The highest BCUT2D eigenvalue weighted by molar-refractivity contribution is 5.95. The summed E-state index contributed by atoms with van der Waals surface area (Å²) in [5.74, 6) is 0.809. The van der Waals surface area contributed by atoms with Crippen molar-refractivity contribution in [3.63, 3.8) is 0 Å². The molecule has 0 aliphatic carbocycles.